The van der Waals surface area contributed by atoms with Crippen molar-refractivity contribution in [2.75, 3.05) is 18.0 Å². The van der Waals surface area contributed by atoms with Crippen LogP contribution < -0.4 is 4.90 Å². The summed E-state index contributed by atoms with van der Waals surface area (Å²) < 4.78 is 0. The van der Waals surface area contributed by atoms with Crippen LogP contribution in [-0.4, -0.2) is 18.1 Å². The van der Waals surface area contributed by atoms with Crippen LogP contribution in [0.5, 0.6) is 0 Å². The number of piperidine rings is 1. The van der Waals surface area contributed by atoms with Gasteiger partial charge in [0.1, 0.15) is 0 Å². The molecular formula is C19H23ClN2. The lowest BCUT2D eigenvalue weighted by Gasteiger charge is -2.30. The van der Waals surface area contributed by atoms with E-state index in [0.29, 0.717) is 0 Å². The fraction of sp³-hybridized carbons (Fsp3) is 0.316. The summed E-state index contributed by atoms with van der Waals surface area (Å²) in [5.41, 5.74) is 4.86. The van der Waals surface area contributed by atoms with E-state index in [1.807, 2.05) is 12.3 Å². The van der Waals surface area contributed by atoms with Gasteiger partial charge in [-0.15, -0.1) is 12.4 Å². The van der Waals surface area contributed by atoms with Gasteiger partial charge in [-0.1, -0.05) is 36.4 Å². The Morgan fingerprint density at radius 2 is 1.73 bits per heavy atom. The Morgan fingerprint density at radius 3 is 2.45 bits per heavy atom. The molecule has 1 aromatic carbocycles. The third-order valence-corrected chi connectivity index (χ3v) is 4.04. The number of aryl methyl sites for hydroxylation is 1. The number of benzene rings is 1. The van der Waals surface area contributed by atoms with Crippen molar-refractivity contribution in [2.45, 2.75) is 26.2 Å². The van der Waals surface area contributed by atoms with Crippen LogP contribution >= 0.6 is 12.4 Å². The van der Waals surface area contributed by atoms with Crippen molar-refractivity contribution >= 4 is 30.2 Å². The molecule has 1 saturated heterocycles. The zero-order chi connectivity index (χ0) is 14.5. The van der Waals surface area contributed by atoms with Crippen molar-refractivity contribution in [1.82, 2.24) is 4.98 Å². The molecule has 0 atom stereocenters. The maximum atomic E-state index is 4.54. The second-order valence-corrected chi connectivity index (χ2v) is 5.69. The molecule has 1 aliphatic rings. The van der Waals surface area contributed by atoms with Gasteiger partial charge in [0.25, 0.3) is 0 Å². The largest absolute Gasteiger partial charge is 0.371 e. The first-order valence-electron chi connectivity index (χ1n) is 7.78. The van der Waals surface area contributed by atoms with E-state index in [0.717, 1.165) is 5.69 Å². The average molecular weight is 315 g/mol. The molecule has 0 aliphatic carbocycles. The zero-order valence-electron chi connectivity index (χ0n) is 13.0. The minimum absolute atomic E-state index is 0. The lowest BCUT2D eigenvalue weighted by Crippen LogP contribution is -2.30. The quantitative estimate of drug-likeness (QED) is 0.795. The highest BCUT2D eigenvalue weighted by Crippen LogP contribution is 2.24. The Hall–Kier alpha value is -1.80. The van der Waals surface area contributed by atoms with Crippen LogP contribution in [0.3, 0.4) is 0 Å². The summed E-state index contributed by atoms with van der Waals surface area (Å²) in [6.07, 6.45) is 10.2. The Kier molecular flexibility index (Phi) is 6.02. The summed E-state index contributed by atoms with van der Waals surface area (Å²) in [7, 11) is 0. The molecule has 0 radical (unpaired) electrons. The van der Waals surface area contributed by atoms with Gasteiger partial charge in [-0.3, -0.25) is 4.98 Å². The minimum atomic E-state index is 0. The molecule has 2 nitrogen and oxygen atoms in total. The van der Waals surface area contributed by atoms with E-state index in [2.05, 4.69) is 59.3 Å². The van der Waals surface area contributed by atoms with E-state index in [-0.39, 0.29) is 12.4 Å². The first-order valence-corrected chi connectivity index (χ1v) is 7.78. The highest BCUT2D eigenvalue weighted by Gasteiger charge is 2.13. The van der Waals surface area contributed by atoms with E-state index in [1.165, 1.54) is 49.2 Å². The van der Waals surface area contributed by atoms with Crippen LogP contribution in [-0.2, 0) is 0 Å². The second-order valence-electron chi connectivity index (χ2n) is 5.69. The van der Waals surface area contributed by atoms with Gasteiger partial charge < -0.3 is 4.90 Å². The second kappa shape index (κ2) is 8.00. The van der Waals surface area contributed by atoms with Crippen LogP contribution in [0.2, 0.25) is 0 Å². The standard InChI is InChI=1S/C19H22N2.ClH/c1-16-15-20-18(11-10-17-8-4-2-5-9-17)14-19(16)21-12-6-3-7-13-21;/h2,4-5,8-11,14-15H,3,6-7,12-13H2,1H3;1H. The molecule has 1 aromatic heterocycles. The zero-order valence-corrected chi connectivity index (χ0v) is 13.9. The normalized spacial score (nSPS) is 14.9. The first-order chi connectivity index (χ1) is 10.3. The van der Waals surface area contributed by atoms with Gasteiger partial charge in [-0.05, 0) is 49.5 Å². The highest BCUT2D eigenvalue weighted by atomic mass is 35.5. The molecule has 0 spiro atoms. The predicted molar refractivity (Wildman–Crippen MR) is 97.7 cm³/mol. The van der Waals surface area contributed by atoms with Gasteiger partial charge in [0.15, 0.2) is 0 Å². The van der Waals surface area contributed by atoms with Crippen molar-refractivity contribution in [3.63, 3.8) is 0 Å². The Balaban J connectivity index is 0.00000176. The van der Waals surface area contributed by atoms with Crippen molar-refractivity contribution in [1.29, 1.82) is 0 Å². The van der Waals surface area contributed by atoms with Crippen molar-refractivity contribution in [2.24, 2.45) is 0 Å². The maximum Gasteiger partial charge on any atom is 0.0650 e. The van der Waals surface area contributed by atoms with E-state index >= 15 is 0 Å². The number of aromatic nitrogens is 1. The molecule has 2 heterocycles. The van der Waals surface area contributed by atoms with E-state index < -0.39 is 0 Å². The molecule has 1 aliphatic heterocycles. The van der Waals surface area contributed by atoms with Gasteiger partial charge in [0.05, 0.1) is 5.69 Å². The van der Waals surface area contributed by atoms with E-state index in [4.69, 9.17) is 0 Å². The molecule has 3 heteroatoms. The number of nitrogens with zero attached hydrogens (tertiary/aromatic N) is 2. The summed E-state index contributed by atoms with van der Waals surface area (Å²) in [5.74, 6) is 0. The third-order valence-electron chi connectivity index (χ3n) is 4.04. The van der Waals surface area contributed by atoms with E-state index in [9.17, 15) is 0 Å². The molecule has 0 N–H and O–H groups in total. The molecule has 22 heavy (non-hydrogen) atoms. The van der Waals surface area contributed by atoms with Gasteiger partial charge in [0, 0.05) is 25.0 Å². The van der Waals surface area contributed by atoms with Gasteiger partial charge >= 0.3 is 0 Å². The fourth-order valence-corrected chi connectivity index (χ4v) is 2.84. The lowest BCUT2D eigenvalue weighted by atomic mass is 10.1. The Morgan fingerprint density at radius 1 is 1.00 bits per heavy atom. The van der Waals surface area contributed by atoms with Crippen LogP contribution in [0.4, 0.5) is 5.69 Å². The SMILES string of the molecule is Cc1cnc(C=Cc2ccccc2)cc1N1CCCCC1.Cl. The summed E-state index contributed by atoms with van der Waals surface area (Å²) >= 11 is 0. The molecule has 116 valence electrons. The van der Waals surface area contributed by atoms with Crippen molar-refractivity contribution in [3.05, 3.63) is 59.4 Å². The Labute approximate surface area is 139 Å². The molecule has 3 rings (SSSR count). The van der Waals surface area contributed by atoms with Gasteiger partial charge in [0.2, 0.25) is 0 Å². The van der Waals surface area contributed by atoms with Crippen LogP contribution in [0.1, 0.15) is 36.1 Å². The van der Waals surface area contributed by atoms with Crippen LogP contribution in [0.25, 0.3) is 12.2 Å². The molecule has 1 fully saturated rings. The molecule has 0 amide bonds. The number of rotatable bonds is 3. The Bertz CT molecular complexity index is 617. The number of hydrogen-bond acceptors (Lipinski definition) is 2. The number of anilines is 1. The van der Waals surface area contributed by atoms with Crippen molar-refractivity contribution in [3.8, 4) is 0 Å². The smallest absolute Gasteiger partial charge is 0.0650 e. The molecular weight excluding hydrogens is 292 g/mol. The summed E-state index contributed by atoms with van der Waals surface area (Å²) in [6, 6.07) is 12.6. The number of hydrogen-bond donors (Lipinski definition) is 0. The lowest BCUT2D eigenvalue weighted by molar-refractivity contribution is 0.577. The molecule has 0 bridgehead atoms. The van der Waals surface area contributed by atoms with E-state index in [1.54, 1.807) is 0 Å². The summed E-state index contributed by atoms with van der Waals surface area (Å²) in [5, 5.41) is 0. The van der Waals surface area contributed by atoms with Crippen molar-refractivity contribution < 1.29 is 0 Å². The minimum Gasteiger partial charge on any atom is -0.371 e. The first kappa shape index (κ1) is 16.6. The summed E-state index contributed by atoms with van der Waals surface area (Å²) in [4.78, 5) is 7.04. The average Bonchev–Trinajstić information content (AvgIpc) is 2.56. The summed E-state index contributed by atoms with van der Waals surface area (Å²) in [6.45, 7) is 4.50. The molecule has 0 saturated carbocycles. The maximum absolute atomic E-state index is 4.54. The molecule has 0 unspecified atom stereocenters. The molecule has 2 aromatic rings. The van der Waals surface area contributed by atoms with Crippen LogP contribution in [0, 0.1) is 6.92 Å². The number of halogens is 1. The van der Waals surface area contributed by atoms with Gasteiger partial charge in [-0.25, -0.2) is 0 Å². The predicted octanol–water partition coefficient (Wildman–Crippen LogP) is 4.97. The topological polar surface area (TPSA) is 16.1 Å². The third kappa shape index (κ3) is 4.11. The fourth-order valence-electron chi connectivity index (χ4n) is 2.84. The number of pyridine rings is 1. The van der Waals surface area contributed by atoms with Crippen LogP contribution in [0.15, 0.2) is 42.6 Å². The monoisotopic (exact) mass is 314 g/mol. The highest BCUT2D eigenvalue weighted by molar-refractivity contribution is 5.85. The van der Waals surface area contributed by atoms with Gasteiger partial charge in [-0.2, -0.15) is 0 Å².